The summed E-state index contributed by atoms with van der Waals surface area (Å²) in [5.41, 5.74) is 0.925. The zero-order valence-corrected chi connectivity index (χ0v) is 18.0. The Morgan fingerprint density at radius 1 is 0.714 bits per heavy atom. The van der Waals surface area contributed by atoms with E-state index in [2.05, 4.69) is 20.8 Å². The molecule has 0 radical (unpaired) electrons. The van der Waals surface area contributed by atoms with Gasteiger partial charge in [0.05, 0.1) is 24.3 Å². The van der Waals surface area contributed by atoms with Crippen LogP contribution in [0.25, 0.3) is 0 Å². The molecule has 1 rings (SSSR count). The first kappa shape index (κ1) is 24.2. The zero-order chi connectivity index (χ0) is 20.6. The molecule has 0 aliphatic rings. The summed E-state index contributed by atoms with van der Waals surface area (Å²) in [6.07, 6.45) is 12.0. The van der Waals surface area contributed by atoms with Crippen LogP contribution in [0.1, 0.15) is 106 Å². The first-order valence-corrected chi connectivity index (χ1v) is 11.0. The minimum Gasteiger partial charge on any atom is -0.462 e. The third-order valence-electron chi connectivity index (χ3n) is 4.77. The van der Waals surface area contributed by atoms with E-state index in [1.54, 1.807) is 24.3 Å². The lowest BCUT2D eigenvalue weighted by Crippen LogP contribution is -2.10. The molecule has 0 bridgehead atoms. The average Bonchev–Trinajstić information content (AvgIpc) is 2.69. The van der Waals surface area contributed by atoms with Crippen molar-refractivity contribution in [3.05, 3.63) is 35.4 Å². The van der Waals surface area contributed by atoms with E-state index in [4.69, 9.17) is 9.47 Å². The summed E-state index contributed by atoms with van der Waals surface area (Å²) in [6, 6.07) is 6.48. The summed E-state index contributed by atoms with van der Waals surface area (Å²) < 4.78 is 10.5. The highest BCUT2D eigenvalue weighted by Crippen LogP contribution is 2.11. The van der Waals surface area contributed by atoms with Gasteiger partial charge in [-0.05, 0) is 43.0 Å². The van der Waals surface area contributed by atoms with Gasteiger partial charge in [0, 0.05) is 0 Å². The van der Waals surface area contributed by atoms with Crippen LogP contribution in [-0.4, -0.2) is 25.2 Å². The molecule has 158 valence electrons. The van der Waals surface area contributed by atoms with E-state index in [1.165, 1.54) is 44.9 Å². The maximum Gasteiger partial charge on any atom is 0.338 e. The highest BCUT2D eigenvalue weighted by Gasteiger charge is 2.11. The highest BCUT2D eigenvalue weighted by atomic mass is 16.5. The van der Waals surface area contributed by atoms with Gasteiger partial charge in [-0.2, -0.15) is 0 Å². The van der Waals surface area contributed by atoms with Crippen molar-refractivity contribution in [2.45, 2.75) is 85.0 Å². The molecule has 0 saturated heterocycles. The fourth-order valence-electron chi connectivity index (χ4n) is 2.87. The van der Waals surface area contributed by atoms with Gasteiger partial charge in [0.2, 0.25) is 0 Å². The molecule has 4 heteroatoms. The Bertz CT molecular complexity index is 548. The summed E-state index contributed by atoms with van der Waals surface area (Å²) in [4.78, 5) is 24.0. The molecule has 0 aliphatic carbocycles. The Labute approximate surface area is 171 Å². The predicted molar refractivity (Wildman–Crippen MR) is 114 cm³/mol. The standard InChI is InChI=1S/C24H38O4/c1-4-5-6-7-8-9-10-11-12-18-27-23(25)21-13-15-22(16-14-21)24(26)28-19-17-20(2)3/h13-16,20H,4-12,17-19H2,1-3H3. The van der Waals surface area contributed by atoms with E-state index in [9.17, 15) is 9.59 Å². The van der Waals surface area contributed by atoms with Gasteiger partial charge in [0.15, 0.2) is 0 Å². The lowest BCUT2D eigenvalue weighted by molar-refractivity contribution is 0.0477. The van der Waals surface area contributed by atoms with Gasteiger partial charge >= 0.3 is 11.9 Å². The summed E-state index contributed by atoms with van der Waals surface area (Å²) in [7, 11) is 0. The van der Waals surface area contributed by atoms with E-state index < -0.39 is 0 Å². The molecule has 4 nitrogen and oxygen atoms in total. The molecule has 0 spiro atoms. The molecule has 0 aliphatic heterocycles. The summed E-state index contributed by atoms with van der Waals surface area (Å²) in [5, 5.41) is 0. The number of esters is 2. The number of carbonyl (C=O) groups excluding carboxylic acids is 2. The minimum absolute atomic E-state index is 0.334. The predicted octanol–water partition coefficient (Wildman–Crippen LogP) is 6.58. The molecule has 0 aromatic heterocycles. The van der Waals surface area contributed by atoms with Crippen LogP contribution in [0.5, 0.6) is 0 Å². The topological polar surface area (TPSA) is 52.6 Å². The Balaban J connectivity index is 2.17. The third kappa shape index (κ3) is 11.1. The van der Waals surface area contributed by atoms with E-state index in [-0.39, 0.29) is 11.9 Å². The van der Waals surface area contributed by atoms with Crippen LogP contribution in [-0.2, 0) is 9.47 Å². The van der Waals surface area contributed by atoms with Crippen molar-refractivity contribution in [2.75, 3.05) is 13.2 Å². The van der Waals surface area contributed by atoms with Crippen molar-refractivity contribution in [1.29, 1.82) is 0 Å². The van der Waals surface area contributed by atoms with Gasteiger partial charge < -0.3 is 9.47 Å². The SMILES string of the molecule is CCCCCCCCCCCOC(=O)c1ccc(C(=O)OCCC(C)C)cc1. The number of ether oxygens (including phenoxy) is 2. The van der Waals surface area contributed by atoms with Crippen molar-refractivity contribution in [3.63, 3.8) is 0 Å². The Morgan fingerprint density at radius 3 is 1.61 bits per heavy atom. The van der Waals surface area contributed by atoms with Crippen LogP contribution < -0.4 is 0 Å². The highest BCUT2D eigenvalue weighted by molar-refractivity contribution is 5.93. The van der Waals surface area contributed by atoms with Crippen LogP contribution in [0.15, 0.2) is 24.3 Å². The van der Waals surface area contributed by atoms with Crippen molar-refractivity contribution < 1.29 is 19.1 Å². The van der Waals surface area contributed by atoms with Gasteiger partial charge in [-0.15, -0.1) is 0 Å². The van der Waals surface area contributed by atoms with Crippen LogP contribution >= 0.6 is 0 Å². The maximum atomic E-state index is 12.1. The van der Waals surface area contributed by atoms with Crippen molar-refractivity contribution >= 4 is 11.9 Å². The molecule has 0 amide bonds. The lowest BCUT2D eigenvalue weighted by Gasteiger charge is -2.08. The van der Waals surface area contributed by atoms with E-state index in [1.807, 2.05) is 0 Å². The van der Waals surface area contributed by atoms with Gasteiger partial charge in [-0.3, -0.25) is 0 Å². The lowest BCUT2D eigenvalue weighted by atomic mass is 10.1. The zero-order valence-electron chi connectivity index (χ0n) is 18.0. The Kier molecular flexibility index (Phi) is 13.1. The number of unbranched alkanes of at least 4 members (excludes halogenated alkanes) is 8. The van der Waals surface area contributed by atoms with E-state index >= 15 is 0 Å². The molecular weight excluding hydrogens is 352 g/mol. The number of benzene rings is 1. The second kappa shape index (κ2) is 15.1. The Hall–Kier alpha value is -1.84. The van der Waals surface area contributed by atoms with Gasteiger partial charge in [-0.25, -0.2) is 9.59 Å². The molecule has 0 saturated carbocycles. The molecule has 0 atom stereocenters. The van der Waals surface area contributed by atoms with Crippen molar-refractivity contribution in [3.8, 4) is 0 Å². The van der Waals surface area contributed by atoms with Crippen molar-refractivity contribution in [1.82, 2.24) is 0 Å². The second-order valence-electron chi connectivity index (χ2n) is 7.86. The van der Waals surface area contributed by atoms with E-state index in [0.717, 1.165) is 19.3 Å². The maximum absolute atomic E-state index is 12.1. The first-order chi connectivity index (χ1) is 13.5. The largest absolute Gasteiger partial charge is 0.462 e. The average molecular weight is 391 g/mol. The molecular formula is C24H38O4. The molecule has 0 heterocycles. The molecule has 0 fully saturated rings. The summed E-state index contributed by atoms with van der Waals surface area (Å²) >= 11 is 0. The van der Waals surface area contributed by atoms with Crippen LogP contribution in [0.3, 0.4) is 0 Å². The molecule has 1 aromatic rings. The van der Waals surface area contributed by atoms with E-state index in [0.29, 0.717) is 30.3 Å². The van der Waals surface area contributed by atoms with Crippen LogP contribution in [0.4, 0.5) is 0 Å². The first-order valence-electron chi connectivity index (χ1n) is 11.0. The number of hydrogen-bond acceptors (Lipinski definition) is 4. The number of hydrogen-bond donors (Lipinski definition) is 0. The van der Waals surface area contributed by atoms with Crippen LogP contribution in [0.2, 0.25) is 0 Å². The fourth-order valence-corrected chi connectivity index (χ4v) is 2.87. The number of carbonyl (C=O) groups is 2. The summed E-state index contributed by atoms with van der Waals surface area (Å²) in [6.45, 7) is 7.27. The van der Waals surface area contributed by atoms with Crippen LogP contribution in [0, 0.1) is 5.92 Å². The second-order valence-corrected chi connectivity index (χ2v) is 7.86. The molecule has 1 aromatic carbocycles. The molecule has 0 unspecified atom stereocenters. The van der Waals surface area contributed by atoms with Crippen molar-refractivity contribution in [2.24, 2.45) is 5.92 Å². The number of rotatable bonds is 15. The van der Waals surface area contributed by atoms with Gasteiger partial charge in [-0.1, -0.05) is 72.1 Å². The monoisotopic (exact) mass is 390 g/mol. The summed E-state index contributed by atoms with van der Waals surface area (Å²) in [5.74, 6) is -0.190. The fraction of sp³-hybridized carbons (Fsp3) is 0.667. The van der Waals surface area contributed by atoms with Gasteiger partial charge in [0.25, 0.3) is 0 Å². The molecule has 28 heavy (non-hydrogen) atoms. The van der Waals surface area contributed by atoms with Gasteiger partial charge in [0.1, 0.15) is 0 Å². The molecule has 0 N–H and O–H groups in total. The smallest absolute Gasteiger partial charge is 0.338 e. The Morgan fingerprint density at radius 2 is 1.14 bits per heavy atom. The normalized spacial score (nSPS) is 10.9. The third-order valence-corrected chi connectivity index (χ3v) is 4.77. The quantitative estimate of drug-likeness (QED) is 0.251. The minimum atomic E-state index is -0.352.